The molecule has 0 saturated carbocycles. The minimum atomic E-state index is -0.463. The molecule has 2 nitrogen and oxygen atoms in total. The summed E-state index contributed by atoms with van der Waals surface area (Å²) in [6.07, 6.45) is 1.24. The highest BCUT2D eigenvalue weighted by Crippen LogP contribution is 2.11. The number of aliphatic hydroxyl groups is 1. The monoisotopic (exact) mass is 249 g/mol. The standard InChI is InChI=1S/C7H8INO/c1-5(10)7-4-6(8)2-3-9-7/h2-5,10H,1H3. The molecule has 1 unspecified atom stereocenters. The number of hydrogen-bond acceptors (Lipinski definition) is 2. The van der Waals surface area contributed by atoms with Crippen LogP contribution in [0.4, 0.5) is 0 Å². The zero-order valence-corrected chi connectivity index (χ0v) is 7.74. The van der Waals surface area contributed by atoms with E-state index >= 15 is 0 Å². The predicted molar refractivity (Wildman–Crippen MR) is 47.6 cm³/mol. The quantitative estimate of drug-likeness (QED) is 0.769. The van der Waals surface area contributed by atoms with E-state index in [0.717, 1.165) is 9.26 Å². The van der Waals surface area contributed by atoms with Gasteiger partial charge in [-0.3, -0.25) is 4.98 Å². The lowest BCUT2D eigenvalue weighted by molar-refractivity contribution is 0.194. The smallest absolute Gasteiger partial charge is 0.0932 e. The molecule has 1 aromatic rings. The Hall–Kier alpha value is -0.160. The summed E-state index contributed by atoms with van der Waals surface area (Å²) in [5.41, 5.74) is 0.729. The predicted octanol–water partition coefficient (Wildman–Crippen LogP) is 1.74. The van der Waals surface area contributed by atoms with E-state index in [0.29, 0.717) is 0 Å². The summed E-state index contributed by atoms with van der Waals surface area (Å²) in [4.78, 5) is 3.98. The van der Waals surface area contributed by atoms with Gasteiger partial charge in [0, 0.05) is 9.77 Å². The molecule has 1 N–H and O–H groups in total. The van der Waals surface area contributed by atoms with Gasteiger partial charge in [0.25, 0.3) is 0 Å². The fourth-order valence-corrected chi connectivity index (χ4v) is 1.13. The van der Waals surface area contributed by atoms with Gasteiger partial charge in [-0.2, -0.15) is 0 Å². The Bertz CT molecular complexity index is 225. The molecule has 0 saturated heterocycles. The highest BCUT2D eigenvalue weighted by molar-refractivity contribution is 14.1. The Kier molecular flexibility index (Phi) is 2.62. The average Bonchev–Trinajstić information content (AvgIpc) is 1.88. The van der Waals surface area contributed by atoms with Crippen molar-refractivity contribution in [3.63, 3.8) is 0 Å². The van der Waals surface area contributed by atoms with Gasteiger partial charge in [-0.15, -0.1) is 0 Å². The average molecular weight is 249 g/mol. The van der Waals surface area contributed by atoms with Gasteiger partial charge in [0.1, 0.15) is 0 Å². The van der Waals surface area contributed by atoms with Crippen molar-refractivity contribution in [3.8, 4) is 0 Å². The van der Waals surface area contributed by atoms with Crippen LogP contribution in [0, 0.1) is 3.57 Å². The lowest BCUT2D eigenvalue weighted by Crippen LogP contribution is -1.94. The zero-order valence-electron chi connectivity index (χ0n) is 5.58. The SMILES string of the molecule is CC(O)c1cc(I)ccn1. The third-order valence-electron chi connectivity index (χ3n) is 1.17. The molecule has 1 atom stereocenters. The molecule has 0 radical (unpaired) electrons. The molecule has 0 aliphatic rings. The molecule has 1 aromatic heterocycles. The molecular weight excluding hydrogens is 241 g/mol. The van der Waals surface area contributed by atoms with E-state index in [1.165, 1.54) is 0 Å². The fourth-order valence-electron chi connectivity index (χ4n) is 0.650. The van der Waals surface area contributed by atoms with Gasteiger partial charge in [-0.1, -0.05) is 0 Å². The summed E-state index contributed by atoms with van der Waals surface area (Å²) < 4.78 is 1.10. The Morgan fingerprint density at radius 2 is 2.40 bits per heavy atom. The first-order chi connectivity index (χ1) is 4.70. The zero-order chi connectivity index (χ0) is 7.56. The van der Waals surface area contributed by atoms with Crippen molar-refractivity contribution < 1.29 is 5.11 Å². The lowest BCUT2D eigenvalue weighted by Gasteiger charge is -2.01. The Morgan fingerprint density at radius 1 is 1.70 bits per heavy atom. The van der Waals surface area contributed by atoms with Crippen molar-refractivity contribution in [1.29, 1.82) is 0 Å². The van der Waals surface area contributed by atoms with Crippen molar-refractivity contribution in [2.24, 2.45) is 0 Å². The van der Waals surface area contributed by atoms with Gasteiger partial charge >= 0.3 is 0 Å². The van der Waals surface area contributed by atoms with Crippen molar-refractivity contribution in [2.45, 2.75) is 13.0 Å². The maximum atomic E-state index is 9.08. The minimum Gasteiger partial charge on any atom is -0.387 e. The van der Waals surface area contributed by atoms with E-state index in [2.05, 4.69) is 27.6 Å². The summed E-state index contributed by atoms with van der Waals surface area (Å²) in [5, 5.41) is 9.08. The third-order valence-corrected chi connectivity index (χ3v) is 1.84. The number of nitrogens with zero attached hydrogens (tertiary/aromatic N) is 1. The highest BCUT2D eigenvalue weighted by Gasteiger charge is 2.00. The van der Waals surface area contributed by atoms with E-state index in [1.54, 1.807) is 13.1 Å². The molecule has 0 spiro atoms. The molecule has 54 valence electrons. The molecule has 0 bridgehead atoms. The first-order valence-electron chi connectivity index (χ1n) is 2.99. The van der Waals surface area contributed by atoms with Crippen LogP contribution in [0.5, 0.6) is 0 Å². The molecule has 0 amide bonds. The Balaban J connectivity index is 2.96. The van der Waals surface area contributed by atoms with E-state index in [1.807, 2.05) is 12.1 Å². The third kappa shape index (κ3) is 1.91. The normalized spacial score (nSPS) is 13.1. The summed E-state index contributed by atoms with van der Waals surface area (Å²) in [5.74, 6) is 0. The summed E-state index contributed by atoms with van der Waals surface area (Å²) in [6.45, 7) is 1.71. The van der Waals surface area contributed by atoms with Crippen molar-refractivity contribution in [3.05, 3.63) is 27.6 Å². The van der Waals surface area contributed by atoms with Crippen LogP contribution >= 0.6 is 22.6 Å². The molecule has 0 aliphatic carbocycles. The lowest BCUT2D eigenvalue weighted by atomic mass is 10.2. The molecule has 1 heterocycles. The number of pyridine rings is 1. The second kappa shape index (κ2) is 3.30. The maximum absolute atomic E-state index is 9.08. The largest absolute Gasteiger partial charge is 0.387 e. The van der Waals surface area contributed by atoms with E-state index in [9.17, 15) is 0 Å². The van der Waals surface area contributed by atoms with Crippen molar-refractivity contribution >= 4 is 22.6 Å². The van der Waals surface area contributed by atoms with Gasteiger partial charge in [0.05, 0.1) is 11.8 Å². The number of aromatic nitrogens is 1. The van der Waals surface area contributed by atoms with Crippen LogP contribution < -0.4 is 0 Å². The van der Waals surface area contributed by atoms with Crippen LogP contribution in [0.25, 0.3) is 0 Å². The first-order valence-corrected chi connectivity index (χ1v) is 4.07. The van der Waals surface area contributed by atoms with Gasteiger partial charge in [0.15, 0.2) is 0 Å². The van der Waals surface area contributed by atoms with Crippen LogP contribution in [-0.2, 0) is 0 Å². The molecule has 0 fully saturated rings. The van der Waals surface area contributed by atoms with Gasteiger partial charge < -0.3 is 5.11 Å². The van der Waals surface area contributed by atoms with E-state index < -0.39 is 6.10 Å². The molecule has 3 heteroatoms. The first kappa shape index (κ1) is 7.94. The number of aliphatic hydroxyl groups excluding tert-OH is 1. The summed E-state index contributed by atoms with van der Waals surface area (Å²) >= 11 is 2.19. The molecule has 0 aromatic carbocycles. The van der Waals surface area contributed by atoms with Gasteiger partial charge in [0.2, 0.25) is 0 Å². The van der Waals surface area contributed by atoms with Crippen LogP contribution in [0.15, 0.2) is 18.3 Å². The second-order valence-electron chi connectivity index (χ2n) is 2.07. The van der Waals surface area contributed by atoms with E-state index in [4.69, 9.17) is 5.11 Å². The molecule has 0 aliphatic heterocycles. The summed E-state index contributed by atoms with van der Waals surface area (Å²) in [7, 11) is 0. The van der Waals surface area contributed by atoms with Crippen molar-refractivity contribution in [1.82, 2.24) is 4.98 Å². The van der Waals surface area contributed by atoms with Gasteiger partial charge in [-0.25, -0.2) is 0 Å². The minimum absolute atomic E-state index is 0.463. The number of rotatable bonds is 1. The number of hydrogen-bond donors (Lipinski definition) is 1. The summed E-state index contributed by atoms with van der Waals surface area (Å²) in [6, 6.07) is 3.76. The topological polar surface area (TPSA) is 33.1 Å². The van der Waals surface area contributed by atoms with Crippen LogP contribution in [0.3, 0.4) is 0 Å². The second-order valence-corrected chi connectivity index (χ2v) is 3.32. The molecule has 10 heavy (non-hydrogen) atoms. The van der Waals surface area contributed by atoms with Crippen molar-refractivity contribution in [2.75, 3.05) is 0 Å². The molecular formula is C7H8INO. The van der Waals surface area contributed by atoms with Crippen LogP contribution in [0.2, 0.25) is 0 Å². The fraction of sp³-hybridized carbons (Fsp3) is 0.286. The van der Waals surface area contributed by atoms with E-state index in [-0.39, 0.29) is 0 Å². The van der Waals surface area contributed by atoms with Crippen LogP contribution in [0.1, 0.15) is 18.7 Å². The molecule has 1 rings (SSSR count). The van der Waals surface area contributed by atoms with Gasteiger partial charge in [-0.05, 0) is 41.6 Å². The Morgan fingerprint density at radius 3 is 2.80 bits per heavy atom. The Labute approximate surface area is 73.4 Å². The number of halogens is 1. The van der Waals surface area contributed by atoms with Crippen LogP contribution in [-0.4, -0.2) is 10.1 Å². The maximum Gasteiger partial charge on any atom is 0.0932 e. The highest BCUT2D eigenvalue weighted by atomic mass is 127.